The zero-order chi connectivity index (χ0) is 17.0. The molecule has 1 aromatic carbocycles. The Hall–Kier alpha value is -1.99. The molecule has 0 fully saturated rings. The normalized spacial score (nSPS) is 11.2. The summed E-state index contributed by atoms with van der Waals surface area (Å²) in [5.74, 6) is -0.682. The molecule has 1 heterocycles. The summed E-state index contributed by atoms with van der Waals surface area (Å²) in [4.78, 5) is 16.0. The van der Waals surface area contributed by atoms with Crippen LogP contribution in [0.1, 0.15) is 10.5 Å². The van der Waals surface area contributed by atoms with Crippen molar-refractivity contribution in [2.45, 2.75) is 6.18 Å². The highest BCUT2D eigenvalue weighted by molar-refractivity contribution is 6.35. The Morgan fingerprint density at radius 2 is 1.74 bits per heavy atom. The summed E-state index contributed by atoms with van der Waals surface area (Å²) in [5.41, 5.74) is 0.167. The van der Waals surface area contributed by atoms with Crippen LogP contribution in [0.4, 0.5) is 24.5 Å². The van der Waals surface area contributed by atoms with E-state index in [1.807, 2.05) is 0 Å². The minimum absolute atomic E-state index is 0.0723. The molecule has 2 rings (SSSR count). The molecule has 9 heteroatoms. The third kappa shape index (κ3) is 5.01. The van der Waals surface area contributed by atoms with E-state index in [9.17, 15) is 18.0 Å². The van der Waals surface area contributed by atoms with Gasteiger partial charge in [0.1, 0.15) is 17.4 Å². The monoisotopic (exact) mass is 363 g/mol. The van der Waals surface area contributed by atoms with E-state index >= 15 is 0 Å². The highest BCUT2D eigenvalue weighted by Gasteiger charge is 2.27. The average molecular weight is 364 g/mol. The lowest BCUT2D eigenvalue weighted by molar-refractivity contribution is -0.115. The quantitative estimate of drug-likeness (QED) is 0.779. The molecule has 0 unspecified atom stereocenters. The maximum atomic E-state index is 12.3. The first kappa shape index (κ1) is 17.4. The first-order valence-corrected chi connectivity index (χ1v) is 7.05. The number of hydrogen-bond donors (Lipinski definition) is 2. The van der Waals surface area contributed by atoms with Crippen LogP contribution in [-0.2, 0) is 0 Å². The van der Waals surface area contributed by atoms with E-state index in [0.717, 1.165) is 0 Å². The highest BCUT2D eigenvalue weighted by Crippen LogP contribution is 2.25. The van der Waals surface area contributed by atoms with Crippen LogP contribution in [-0.4, -0.2) is 23.6 Å². The Morgan fingerprint density at radius 1 is 1.09 bits per heavy atom. The van der Waals surface area contributed by atoms with Gasteiger partial charge >= 0.3 is 6.18 Å². The largest absolute Gasteiger partial charge is 0.405 e. The summed E-state index contributed by atoms with van der Waals surface area (Å²) in [7, 11) is 0. The number of anilines is 2. The zero-order valence-electron chi connectivity index (χ0n) is 11.4. The van der Waals surface area contributed by atoms with Gasteiger partial charge in [-0.05, 0) is 24.3 Å². The second kappa shape index (κ2) is 7.06. The molecule has 0 aliphatic heterocycles. The molecule has 23 heavy (non-hydrogen) atoms. The molecule has 4 nitrogen and oxygen atoms in total. The van der Waals surface area contributed by atoms with E-state index in [1.165, 1.54) is 24.3 Å². The van der Waals surface area contributed by atoms with Gasteiger partial charge in [-0.2, -0.15) is 13.2 Å². The Labute approximate surface area is 139 Å². The van der Waals surface area contributed by atoms with Crippen LogP contribution < -0.4 is 10.6 Å². The summed E-state index contributed by atoms with van der Waals surface area (Å²) in [6.07, 6.45) is -4.38. The Morgan fingerprint density at radius 3 is 2.39 bits per heavy atom. The third-order valence-electron chi connectivity index (χ3n) is 2.68. The Bertz CT molecular complexity index is 723. The van der Waals surface area contributed by atoms with Crippen molar-refractivity contribution in [3.05, 3.63) is 52.3 Å². The number of pyridine rings is 1. The van der Waals surface area contributed by atoms with E-state index < -0.39 is 18.6 Å². The van der Waals surface area contributed by atoms with Gasteiger partial charge in [0.2, 0.25) is 0 Å². The van der Waals surface area contributed by atoms with Crippen LogP contribution in [0.25, 0.3) is 0 Å². The van der Waals surface area contributed by atoms with Crippen molar-refractivity contribution >= 4 is 40.5 Å². The fourth-order valence-corrected chi connectivity index (χ4v) is 2.04. The maximum Gasteiger partial charge on any atom is 0.405 e. The maximum absolute atomic E-state index is 12.3. The molecule has 0 aliphatic rings. The van der Waals surface area contributed by atoms with Crippen LogP contribution in [0.5, 0.6) is 0 Å². The van der Waals surface area contributed by atoms with Gasteiger partial charge in [0.15, 0.2) is 0 Å². The van der Waals surface area contributed by atoms with E-state index in [1.54, 1.807) is 12.1 Å². The first-order valence-electron chi connectivity index (χ1n) is 6.29. The van der Waals surface area contributed by atoms with Gasteiger partial charge in [0.25, 0.3) is 5.91 Å². The highest BCUT2D eigenvalue weighted by atomic mass is 35.5. The number of aromatic nitrogens is 1. The Kier molecular flexibility index (Phi) is 5.33. The fourth-order valence-electron chi connectivity index (χ4n) is 1.70. The molecule has 0 radical (unpaired) electrons. The van der Waals surface area contributed by atoms with E-state index in [-0.39, 0.29) is 27.2 Å². The van der Waals surface area contributed by atoms with Crippen molar-refractivity contribution in [1.29, 1.82) is 0 Å². The Balaban J connectivity index is 2.19. The number of alkyl halides is 3. The molecular formula is C14H10Cl2F3N3O. The topological polar surface area (TPSA) is 54.0 Å². The van der Waals surface area contributed by atoms with Gasteiger partial charge in [-0.3, -0.25) is 4.79 Å². The summed E-state index contributed by atoms with van der Waals surface area (Å²) in [5, 5.41) is 4.82. The summed E-state index contributed by atoms with van der Waals surface area (Å²) in [6.45, 7) is -1.23. The number of carbonyl (C=O) groups excluding carboxylic acids is 1. The van der Waals surface area contributed by atoms with Gasteiger partial charge in [0, 0.05) is 0 Å². The van der Waals surface area contributed by atoms with E-state index in [0.29, 0.717) is 0 Å². The van der Waals surface area contributed by atoms with Crippen molar-refractivity contribution in [2.75, 3.05) is 17.2 Å². The molecule has 0 bridgehead atoms. The zero-order valence-corrected chi connectivity index (χ0v) is 12.9. The van der Waals surface area contributed by atoms with Gasteiger partial charge < -0.3 is 10.6 Å². The van der Waals surface area contributed by atoms with Gasteiger partial charge in [0.05, 0.1) is 16.4 Å². The first-order chi connectivity index (χ1) is 10.8. The van der Waals surface area contributed by atoms with Crippen molar-refractivity contribution in [3.8, 4) is 0 Å². The fraction of sp³-hybridized carbons (Fsp3) is 0.143. The molecule has 0 spiro atoms. The molecular weight excluding hydrogens is 354 g/mol. The van der Waals surface area contributed by atoms with Crippen LogP contribution in [0.2, 0.25) is 10.2 Å². The number of hydrogen-bond acceptors (Lipinski definition) is 3. The predicted octanol–water partition coefficient (Wildman–Crippen LogP) is 4.61. The minimum Gasteiger partial charge on any atom is -0.375 e. The number of benzene rings is 1. The third-order valence-corrected chi connectivity index (χ3v) is 3.20. The van der Waals surface area contributed by atoms with Crippen molar-refractivity contribution in [2.24, 2.45) is 0 Å². The lowest BCUT2D eigenvalue weighted by Gasteiger charge is -2.14. The number of nitrogens with zero attached hydrogens (tertiary/aromatic N) is 1. The molecule has 1 amide bonds. The smallest absolute Gasteiger partial charge is 0.375 e. The average Bonchev–Trinajstić information content (AvgIpc) is 2.48. The van der Waals surface area contributed by atoms with Gasteiger partial charge in [-0.15, -0.1) is 0 Å². The lowest BCUT2D eigenvalue weighted by Crippen LogP contribution is -2.22. The SMILES string of the molecule is O=C(Nc1ccccc1NCC(F)(F)F)c1nc(Cl)ccc1Cl. The van der Waals surface area contributed by atoms with Crippen LogP contribution in [0, 0.1) is 0 Å². The number of halogens is 5. The minimum atomic E-state index is -4.38. The molecule has 1 aromatic heterocycles. The molecule has 2 N–H and O–H groups in total. The molecule has 0 saturated carbocycles. The summed E-state index contributed by atoms with van der Waals surface area (Å²) in [6, 6.07) is 8.79. The lowest BCUT2D eigenvalue weighted by atomic mass is 10.2. The second-order valence-corrected chi connectivity index (χ2v) is 5.23. The van der Waals surface area contributed by atoms with Crippen molar-refractivity contribution in [3.63, 3.8) is 0 Å². The number of carbonyl (C=O) groups is 1. The molecule has 122 valence electrons. The number of nitrogens with one attached hydrogen (secondary N) is 2. The van der Waals surface area contributed by atoms with Gasteiger partial charge in [-0.1, -0.05) is 35.3 Å². The van der Waals surface area contributed by atoms with E-state index in [4.69, 9.17) is 23.2 Å². The number of amides is 1. The van der Waals surface area contributed by atoms with Gasteiger partial charge in [-0.25, -0.2) is 4.98 Å². The predicted molar refractivity (Wildman–Crippen MR) is 83.2 cm³/mol. The second-order valence-electron chi connectivity index (χ2n) is 4.43. The molecule has 2 aromatic rings. The summed E-state index contributed by atoms with van der Waals surface area (Å²) < 4.78 is 36.9. The molecule has 0 aliphatic carbocycles. The van der Waals surface area contributed by atoms with Crippen LogP contribution in [0.3, 0.4) is 0 Å². The van der Waals surface area contributed by atoms with Crippen molar-refractivity contribution < 1.29 is 18.0 Å². The summed E-state index contributed by atoms with van der Waals surface area (Å²) >= 11 is 11.6. The standard InChI is InChI=1S/C14H10Cl2F3N3O/c15-8-5-6-11(16)22-12(8)13(23)21-10-4-2-1-3-9(10)20-7-14(17,18)19/h1-6,20H,7H2,(H,21,23). The van der Waals surface area contributed by atoms with Crippen molar-refractivity contribution in [1.82, 2.24) is 4.98 Å². The van der Waals surface area contributed by atoms with Crippen LogP contribution in [0.15, 0.2) is 36.4 Å². The number of rotatable bonds is 4. The molecule has 0 atom stereocenters. The number of para-hydroxylation sites is 2. The van der Waals surface area contributed by atoms with Crippen LogP contribution >= 0.6 is 23.2 Å². The van der Waals surface area contributed by atoms with E-state index in [2.05, 4.69) is 15.6 Å². The molecule has 0 saturated heterocycles.